The van der Waals surface area contributed by atoms with Gasteiger partial charge in [-0.15, -0.1) is 0 Å². The van der Waals surface area contributed by atoms with E-state index in [0.29, 0.717) is 33.6 Å². The number of Topliss-reactive ketones (excluding diaryl/α,β-unsaturated/α-hetero) is 1. The highest BCUT2D eigenvalue weighted by atomic mass is 35.5. The van der Waals surface area contributed by atoms with Crippen LogP contribution in [0.25, 0.3) is 22.4 Å². The summed E-state index contributed by atoms with van der Waals surface area (Å²) < 4.78 is 6.47. The topological polar surface area (TPSA) is 42.4 Å². The smallest absolute Gasteiger partial charge is 0.225 e. The molecular formula is C25H22Cl2N2O2. The second kappa shape index (κ2) is 7.94. The van der Waals surface area contributed by atoms with Crippen molar-refractivity contribution in [2.75, 3.05) is 20.1 Å². The number of ether oxygens (including phenoxy) is 1. The second-order valence-corrected chi connectivity index (χ2v) is 9.26. The van der Waals surface area contributed by atoms with Crippen molar-refractivity contribution >= 4 is 29.0 Å². The van der Waals surface area contributed by atoms with Crippen LogP contribution in [-0.2, 0) is 0 Å². The van der Waals surface area contributed by atoms with Crippen LogP contribution >= 0.6 is 23.2 Å². The zero-order valence-corrected chi connectivity index (χ0v) is 18.7. The Morgan fingerprint density at radius 1 is 0.968 bits per heavy atom. The number of hydrogen-bond acceptors (Lipinski definition) is 4. The average Bonchev–Trinajstić information content (AvgIpc) is 2.76. The van der Waals surface area contributed by atoms with Crippen LogP contribution in [0.4, 0.5) is 0 Å². The number of likely N-dealkylation sites (tertiary alicyclic amines) is 1. The fourth-order valence-electron chi connectivity index (χ4n) is 4.42. The summed E-state index contributed by atoms with van der Waals surface area (Å²) in [6.07, 6.45) is 2.02. The first-order valence-corrected chi connectivity index (χ1v) is 11.2. The first-order chi connectivity index (χ1) is 14.9. The van der Waals surface area contributed by atoms with Crippen molar-refractivity contribution in [3.63, 3.8) is 0 Å². The number of carbonyl (C=O) groups excluding carboxylic acids is 1. The number of aromatic nitrogens is 1. The summed E-state index contributed by atoms with van der Waals surface area (Å²) in [4.78, 5) is 20.4. The monoisotopic (exact) mass is 452 g/mol. The Kier molecular flexibility index (Phi) is 5.25. The fraction of sp³-hybridized carbons (Fsp3) is 0.280. The summed E-state index contributed by atoms with van der Waals surface area (Å²) >= 11 is 12.6. The third-order valence-corrected chi connectivity index (χ3v) is 6.85. The van der Waals surface area contributed by atoms with E-state index in [9.17, 15) is 4.79 Å². The number of ketones is 1. The third-order valence-electron chi connectivity index (χ3n) is 6.27. The van der Waals surface area contributed by atoms with Crippen molar-refractivity contribution in [1.82, 2.24) is 9.88 Å². The Labute approximate surface area is 191 Å². The molecule has 0 amide bonds. The normalized spacial score (nSPS) is 18.0. The number of benzene rings is 2. The van der Waals surface area contributed by atoms with Gasteiger partial charge in [-0.3, -0.25) is 4.79 Å². The minimum atomic E-state index is -0.469. The summed E-state index contributed by atoms with van der Waals surface area (Å²) in [5.41, 5.74) is 3.32. The summed E-state index contributed by atoms with van der Waals surface area (Å²) in [6.45, 7) is 1.81. The maximum atomic E-state index is 13.2. The predicted octanol–water partition coefficient (Wildman–Crippen LogP) is 6.15. The van der Waals surface area contributed by atoms with Gasteiger partial charge < -0.3 is 9.64 Å². The molecule has 0 unspecified atom stereocenters. The predicted molar refractivity (Wildman–Crippen MR) is 124 cm³/mol. The van der Waals surface area contributed by atoms with Gasteiger partial charge in [0.2, 0.25) is 5.88 Å². The molecule has 2 aromatic carbocycles. The molecule has 2 aliphatic heterocycles. The van der Waals surface area contributed by atoms with Gasteiger partial charge in [0.05, 0.1) is 17.7 Å². The molecule has 1 aromatic heterocycles. The number of pyridine rings is 1. The van der Waals surface area contributed by atoms with Crippen molar-refractivity contribution < 1.29 is 9.53 Å². The van der Waals surface area contributed by atoms with Crippen LogP contribution in [0.3, 0.4) is 0 Å². The fourth-order valence-corrected chi connectivity index (χ4v) is 4.77. The molecule has 1 spiro atoms. The van der Waals surface area contributed by atoms with Gasteiger partial charge >= 0.3 is 0 Å². The average molecular weight is 453 g/mol. The lowest BCUT2D eigenvalue weighted by atomic mass is 9.82. The largest absolute Gasteiger partial charge is 0.470 e. The molecule has 6 heteroatoms. The van der Waals surface area contributed by atoms with Crippen LogP contribution in [0.5, 0.6) is 5.88 Å². The Morgan fingerprint density at radius 3 is 2.39 bits per heavy atom. The SMILES string of the molecule is CN1CCC2(CC1)CC(=O)c1cc(-c3ccc(Cl)cc3)c(-c3ccccc3Cl)nc1O2. The summed E-state index contributed by atoms with van der Waals surface area (Å²) in [5.74, 6) is 0.493. The molecule has 0 saturated carbocycles. The molecule has 0 bridgehead atoms. The van der Waals surface area contributed by atoms with Gasteiger partial charge in [0.1, 0.15) is 5.60 Å². The van der Waals surface area contributed by atoms with Crippen LogP contribution in [0.2, 0.25) is 10.0 Å². The van der Waals surface area contributed by atoms with Crippen LogP contribution in [-0.4, -0.2) is 41.4 Å². The molecule has 0 aliphatic carbocycles. The standard InChI is InChI=1S/C25H22Cl2N2O2/c1-29-12-10-25(11-13-29)15-22(30)20-14-19(16-6-8-17(26)9-7-16)23(28-24(20)31-25)18-4-2-3-5-21(18)27/h2-9,14H,10-13,15H2,1H3. The van der Waals surface area contributed by atoms with E-state index in [2.05, 4.69) is 11.9 Å². The molecule has 3 heterocycles. The molecule has 4 nitrogen and oxygen atoms in total. The molecule has 2 aliphatic rings. The molecule has 0 N–H and O–H groups in total. The second-order valence-electron chi connectivity index (χ2n) is 8.41. The van der Waals surface area contributed by atoms with E-state index in [1.807, 2.05) is 54.6 Å². The van der Waals surface area contributed by atoms with Gasteiger partial charge in [-0.05, 0) is 36.9 Å². The van der Waals surface area contributed by atoms with E-state index < -0.39 is 5.60 Å². The summed E-state index contributed by atoms with van der Waals surface area (Å²) in [5, 5.41) is 1.25. The Morgan fingerprint density at radius 2 is 1.68 bits per heavy atom. The number of nitrogens with zero attached hydrogens (tertiary/aromatic N) is 2. The van der Waals surface area contributed by atoms with Gasteiger partial charge in [0.25, 0.3) is 0 Å². The minimum absolute atomic E-state index is 0.0826. The maximum absolute atomic E-state index is 13.2. The summed E-state index contributed by atoms with van der Waals surface area (Å²) in [7, 11) is 2.09. The van der Waals surface area contributed by atoms with E-state index in [1.165, 1.54) is 0 Å². The molecule has 158 valence electrons. The third kappa shape index (κ3) is 3.84. The van der Waals surface area contributed by atoms with Gasteiger partial charge in [0.15, 0.2) is 5.78 Å². The Balaban J connectivity index is 1.67. The summed E-state index contributed by atoms with van der Waals surface area (Å²) in [6, 6.07) is 17.0. The Bertz CT molecular complexity index is 1150. The van der Waals surface area contributed by atoms with Crippen molar-refractivity contribution in [1.29, 1.82) is 0 Å². The first kappa shape index (κ1) is 20.5. The number of rotatable bonds is 2. The number of fused-ring (bicyclic) bond motifs is 1. The molecule has 5 rings (SSSR count). The van der Waals surface area contributed by atoms with Crippen molar-refractivity contribution in [3.05, 3.63) is 70.2 Å². The van der Waals surface area contributed by atoms with Gasteiger partial charge in [-0.1, -0.05) is 53.5 Å². The first-order valence-electron chi connectivity index (χ1n) is 10.4. The maximum Gasteiger partial charge on any atom is 0.225 e. The molecule has 0 radical (unpaired) electrons. The molecule has 1 fully saturated rings. The number of piperidine rings is 1. The van der Waals surface area contributed by atoms with Crippen LogP contribution in [0.1, 0.15) is 29.6 Å². The zero-order chi connectivity index (χ0) is 21.6. The number of halogens is 2. The van der Waals surface area contributed by atoms with Gasteiger partial charge in [-0.25, -0.2) is 4.98 Å². The highest BCUT2D eigenvalue weighted by Crippen LogP contribution is 2.43. The lowest BCUT2D eigenvalue weighted by Crippen LogP contribution is -2.50. The Hall–Kier alpha value is -2.40. The minimum Gasteiger partial charge on any atom is -0.470 e. The van der Waals surface area contributed by atoms with Crippen molar-refractivity contribution in [2.24, 2.45) is 0 Å². The molecule has 31 heavy (non-hydrogen) atoms. The number of carbonyl (C=O) groups is 1. The quantitative estimate of drug-likeness (QED) is 0.467. The lowest BCUT2D eigenvalue weighted by molar-refractivity contribution is -0.00695. The van der Waals surface area contributed by atoms with Crippen molar-refractivity contribution in [2.45, 2.75) is 24.9 Å². The van der Waals surface area contributed by atoms with Crippen LogP contribution in [0, 0.1) is 0 Å². The van der Waals surface area contributed by atoms with E-state index >= 15 is 0 Å². The lowest BCUT2D eigenvalue weighted by Gasteiger charge is -2.42. The molecule has 1 saturated heterocycles. The molecule has 3 aromatic rings. The zero-order valence-electron chi connectivity index (χ0n) is 17.2. The van der Waals surface area contributed by atoms with E-state index in [1.54, 1.807) is 0 Å². The number of hydrogen-bond donors (Lipinski definition) is 0. The van der Waals surface area contributed by atoms with Crippen LogP contribution in [0.15, 0.2) is 54.6 Å². The van der Waals surface area contributed by atoms with Crippen LogP contribution < -0.4 is 4.74 Å². The van der Waals surface area contributed by atoms with E-state index in [0.717, 1.165) is 42.6 Å². The highest BCUT2D eigenvalue weighted by Gasteiger charge is 2.43. The van der Waals surface area contributed by atoms with E-state index in [-0.39, 0.29) is 5.78 Å². The van der Waals surface area contributed by atoms with Gasteiger partial charge in [-0.2, -0.15) is 0 Å². The van der Waals surface area contributed by atoms with Gasteiger partial charge in [0, 0.05) is 47.1 Å². The van der Waals surface area contributed by atoms with Crippen molar-refractivity contribution in [3.8, 4) is 28.3 Å². The molecular weight excluding hydrogens is 431 g/mol. The van der Waals surface area contributed by atoms with E-state index in [4.69, 9.17) is 32.9 Å². The molecule has 0 atom stereocenters. The highest BCUT2D eigenvalue weighted by molar-refractivity contribution is 6.33.